The second kappa shape index (κ2) is 8.77. The third-order valence-electron chi connectivity index (χ3n) is 4.44. The molecule has 0 radical (unpaired) electrons. The molecule has 146 valence electrons. The zero-order valence-corrected chi connectivity index (χ0v) is 15.9. The number of nitrogens with zero attached hydrogens (tertiary/aromatic N) is 1. The SMILES string of the molecule is CCS(=O)(=O)NC1CCCOC1COc1ccc(-c2ccc(F)cn2)cc1. The molecule has 27 heavy (non-hydrogen) atoms. The monoisotopic (exact) mass is 394 g/mol. The van der Waals surface area contributed by atoms with Crippen molar-refractivity contribution < 1.29 is 22.3 Å². The fourth-order valence-electron chi connectivity index (χ4n) is 2.90. The Kier molecular flexibility index (Phi) is 6.41. The first-order valence-corrected chi connectivity index (χ1v) is 10.6. The fraction of sp³-hybridized carbons (Fsp3) is 0.421. The van der Waals surface area contributed by atoms with E-state index >= 15 is 0 Å². The van der Waals surface area contributed by atoms with Crippen LogP contribution in [0.3, 0.4) is 0 Å². The van der Waals surface area contributed by atoms with Gasteiger partial charge >= 0.3 is 0 Å². The summed E-state index contributed by atoms with van der Waals surface area (Å²) < 4.78 is 50.8. The van der Waals surface area contributed by atoms with E-state index in [0.29, 0.717) is 18.1 Å². The van der Waals surface area contributed by atoms with Crippen LogP contribution in [0, 0.1) is 5.82 Å². The van der Waals surface area contributed by atoms with Gasteiger partial charge in [-0.1, -0.05) is 0 Å². The van der Waals surface area contributed by atoms with E-state index in [4.69, 9.17) is 9.47 Å². The smallest absolute Gasteiger partial charge is 0.211 e. The minimum Gasteiger partial charge on any atom is -0.491 e. The van der Waals surface area contributed by atoms with Crippen molar-refractivity contribution in [3.63, 3.8) is 0 Å². The molecule has 8 heteroatoms. The fourth-order valence-corrected chi connectivity index (χ4v) is 3.80. The maximum Gasteiger partial charge on any atom is 0.211 e. The third kappa shape index (κ3) is 5.47. The molecule has 0 saturated carbocycles. The van der Waals surface area contributed by atoms with E-state index in [-0.39, 0.29) is 30.3 Å². The molecular formula is C19H23FN2O4S. The van der Waals surface area contributed by atoms with E-state index in [0.717, 1.165) is 18.4 Å². The minimum absolute atomic E-state index is 0.0377. The molecule has 2 atom stereocenters. The van der Waals surface area contributed by atoms with Gasteiger partial charge in [0.2, 0.25) is 10.0 Å². The highest BCUT2D eigenvalue weighted by molar-refractivity contribution is 7.89. The zero-order valence-electron chi connectivity index (χ0n) is 15.1. The molecule has 0 amide bonds. The normalized spacial score (nSPS) is 20.4. The summed E-state index contributed by atoms with van der Waals surface area (Å²) in [4.78, 5) is 4.05. The first-order chi connectivity index (χ1) is 13.0. The summed E-state index contributed by atoms with van der Waals surface area (Å²) in [6.07, 6.45) is 2.38. The van der Waals surface area contributed by atoms with Gasteiger partial charge in [-0.2, -0.15) is 0 Å². The maximum absolute atomic E-state index is 13.0. The van der Waals surface area contributed by atoms with Crippen LogP contribution in [-0.2, 0) is 14.8 Å². The predicted octanol–water partition coefficient (Wildman–Crippen LogP) is 2.75. The molecule has 1 aliphatic rings. The zero-order chi connectivity index (χ0) is 19.3. The number of sulfonamides is 1. The molecule has 1 aliphatic heterocycles. The summed E-state index contributed by atoms with van der Waals surface area (Å²) in [5, 5.41) is 0. The topological polar surface area (TPSA) is 77.5 Å². The average Bonchev–Trinajstić information content (AvgIpc) is 2.68. The predicted molar refractivity (Wildman–Crippen MR) is 100 cm³/mol. The molecule has 2 aromatic rings. The molecular weight excluding hydrogens is 371 g/mol. The molecule has 0 bridgehead atoms. The van der Waals surface area contributed by atoms with E-state index in [9.17, 15) is 12.8 Å². The largest absolute Gasteiger partial charge is 0.491 e. The Hall–Kier alpha value is -2.03. The number of nitrogens with one attached hydrogen (secondary N) is 1. The van der Waals surface area contributed by atoms with Gasteiger partial charge in [-0.05, 0) is 56.2 Å². The molecule has 1 aromatic heterocycles. The highest BCUT2D eigenvalue weighted by Crippen LogP contribution is 2.22. The van der Waals surface area contributed by atoms with Gasteiger partial charge in [-0.25, -0.2) is 17.5 Å². The molecule has 1 fully saturated rings. The van der Waals surface area contributed by atoms with Crippen LogP contribution in [0.4, 0.5) is 4.39 Å². The summed E-state index contributed by atoms with van der Waals surface area (Å²) in [6, 6.07) is 9.98. The van der Waals surface area contributed by atoms with Crippen molar-refractivity contribution in [2.45, 2.75) is 31.9 Å². The van der Waals surface area contributed by atoms with Gasteiger partial charge in [-0.3, -0.25) is 4.98 Å². The van der Waals surface area contributed by atoms with Crippen molar-refractivity contribution in [2.24, 2.45) is 0 Å². The van der Waals surface area contributed by atoms with Crippen LogP contribution in [0.25, 0.3) is 11.3 Å². The standard InChI is InChI=1S/C19H23FN2O4S/c1-2-27(23,24)22-18-4-3-11-25-19(18)13-26-16-8-5-14(6-9-16)17-10-7-15(20)12-21-17/h5-10,12,18-19,22H,2-4,11,13H2,1H3. The van der Waals surface area contributed by atoms with Crippen LogP contribution in [0.2, 0.25) is 0 Å². The Morgan fingerprint density at radius 3 is 2.70 bits per heavy atom. The van der Waals surface area contributed by atoms with E-state index < -0.39 is 10.0 Å². The summed E-state index contributed by atoms with van der Waals surface area (Å²) in [7, 11) is -3.29. The quantitative estimate of drug-likeness (QED) is 0.781. The lowest BCUT2D eigenvalue weighted by atomic mass is 10.0. The summed E-state index contributed by atoms with van der Waals surface area (Å²) in [5.41, 5.74) is 1.53. The van der Waals surface area contributed by atoms with E-state index in [2.05, 4.69) is 9.71 Å². The molecule has 2 unspecified atom stereocenters. The van der Waals surface area contributed by atoms with Crippen molar-refractivity contribution in [3.05, 3.63) is 48.4 Å². The third-order valence-corrected chi connectivity index (χ3v) is 5.86. The number of hydrogen-bond acceptors (Lipinski definition) is 5. The van der Waals surface area contributed by atoms with Crippen LogP contribution in [0.5, 0.6) is 5.75 Å². The molecule has 1 saturated heterocycles. The number of rotatable bonds is 7. The molecule has 6 nitrogen and oxygen atoms in total. The van der Waals surface area contributed by atoms with Crippen molar-refractivity contribution in [1.29, 1.82) is 0 Å². The lowest BCUT2D eigenvalue weighted by Gasteiger charge is -2.31. The van der Waals surface area contributed by atoms with Crippen LogP contribution < -0.4 is 9.46 Å². The Balaban J connectivity index is 1.60. The lowest BCUT2D eigenvalue weighted by molar-refractivity contribution is -0.0279. The molecule has 1 aromatic carbocycles. The number of hydrogen-bond donors (Lipinski definition) is 1. The highest BCUT2D eigenvalue weighted by atomic mass is 32.2. The molecule has 3 rings (SSSR count). The van der Waals surface area contributed by atoms with Crippen LogP contribution >= 0.6 is 0 Å². The Morgan fingerprint density at radius 1 is 1.26 bits per heavy atom. The van der Waals surface area contributed by atoms with Gasteiger partial charge in [0.25, 0.3) is 0 Å². The van der Waals surface area contributed by atoms with Crippen LogP contribution in [0.1, 0.15) is 19.8 Å². The van der Waals surface area contributed by atoms with Crippen molar-refractivity contribution in [3.8, 4) is 17.0 Å². The number of ether oxygens (including phenoxy) is 2. The molecule has 0 spiro atoms. The Bertz CT molecular complexity index is 841. The number of aromatic nitrogens is 1. The maximum atomic E-state index is 13.0. The van der Waals surface area contributed by atoms with E-state index in [1.54, 1.807) is 25.1 Å². The first kappa shape index (κ1) is 19.7. The Labute approximate surface area is 158 Å². The Morgan fingerprint density at radius 2 is 2.04 bits per heavy atom. The number of benzene rings is 1. The van der Waals surface area contributed by atoms with Crippen molar-refractivity contribution in [2.75, 3.05) is 19.0 Å². The van der Waals surface area contributed by atoms with Gasteiger partial charge in [0.1, 0.15) is 24.3 Å². The first-order valence-electron chi connectivity index (χ1n) is 8.93. The molecule has 0 aliphatic carbocycles. The second-order valence-corrected chi connectivity index (χ2v) is 8.42. The van der Waals surface area contributed by atoms with Crippen LogP contribution in [0.15, 0.2) is 42.6 Å². The second-order valence-electron chi connectivity index (χ2n) is 6.38. The van der Waals surface area contributed by atoms with Crippen molar-refractivity contribution >= 4 is 10.0 Å². The molecule has 2 heterocycles. The molecule has 1 N–H and O–H groups in total. The number of pyridine rings is 1. The number of halogens is 1. The van der Waals surface area contributed by atoms with Gasteiger partial charge in [0, 0.05) is 12.2 Å². The highest BCUT2D eigenvalue weighted by Gasteiger charge is 2.29. The van der Waals surface area contributed by atoms with Gasteiger partial charge in [0.05, 0.1) is 23.7 Å². The summed E-state index contributed by atoms with van der Waals surface area (Å²) in [6.45, 7) is 2.45. The van der Waals surface area contributed by atoms with Gasteiger partial charge in [0.15, 0.2) is 0 Å². The van der Waals surface area contributed by atoms with Crippen LogP contribution in [-0.4, -0.2) is 44.5 Å². The summed E-state index contributed by atoms with van der Waals surface area (Å²) >= 11 is 0. The lowest BCUT2D eigenvalue weighted by Crippen LogP contribution is -2.49. The average molecular weight is 394 g/mol. The van der Waals surface area contributed by atoms with Crippen molar-refractivity contribution in [1.82, 2.24) is 9.71 Å². The van der Waals surface area contributed by atoms with E-state index in [1.807, 2.05) is 12.1 Å². The minimum atomic E-state index is -3.29. The van der Waals surface area contributed by atoms with Gasteiger partial charge in [-0.15, -0.1) is 0 Å². The van der Waals surface area contributed by atoms with Gasteiger partial charge < -0.3 is 9.47 Å². The summed E-state index contributed by atoms with van der Waals surface area (Å²) in [5.74, 6) is 0.308. The van der Waals surface area contributed by atoms with E-state index in [1.165, 1.54) is 12.3 Å².